The van der Waals surface area contributed by atoms with Crippen LogP contribution in [0.4, 0.5) is 11.4 Å². The molecule has 1 aliphatic heterocycles. The Hall–Kier alpha value is -4.91. The molecule has 0 aromatic heterocycles. The minimum Gasteiger partial charge on any atom is -0.489 e. The monoisotopic (exact) mass is 532 g/mol. The van der Waals surface area contributed by atoms with Crippen molar-refractivity contribution in [3.63, 3.8) is 0 Å². The number of hydrogen-bond donors (Lipinski definition) is 3. The second-order valence-electron chi connectivity index (χ2n) is 10.8. The van der Waals surface area contributed by atoms with Crippen molar-refractivity contribution in [1.82, 2.24) is 0 Å². The third kappa shape index (κ3) is 6.04. The molecular weight excluding hydrogens is 500 g/mol. The van der Waals surface area contributed by atoms with Crippen molar-refractivity contribution in [2.75, 3.05) is 10.6 Å². The van der Waals surface area contributed by atoms with Gasteiger partial charge in [-0.1, -0.05) is 69.3 Å². The first kappa shape index (κ1) is 26.7. The molecule has 7 heteroatoms. The molecule has 4 N–H and O–H groups in total. The van der Waals surface area contributed by atoms with E-state index in [9.17, 15) is 9.59 Å². The lowest BCUT2D eigenvalue weighted by Crippen LogP contribution is -2.18. The van der Waals surface area contributed by atoms with Gasteiger partial charge in [-0.15, -0.1) is 0 Å². The van der Waals surface area contributed by atoms with Crippen LogP contribution in [-0.2, 0) is 18.6 Å². The molecule has 0 saturated carbocycles. The lowest BCUT2D eigenvalue weighted by Gasteiger charge is -2.19. The number of aliphatic imine (C=N–C) groups is 1. The summed E-state index contributed by atoms with van der Waals surface area (Å²) in [5.74, 6) is 0.361. The van der Waals surface area contributed by atoms with E-state index in [4.69, 9.17) is 10.5 Å². The zero-order valence-corrected chi connectivity index (χ0v) is 22.8. The van der Waals surface area contributed by atoms with Crippen molar-refractivity contribution in [2.24, 2.45) is 10.7 Å². The topological polar surface area (TPSA) is 106 Å². The first-order valence-corrected chi connectivity index (χ1v) is 13.1. The van der Waals surface area contributed by atoms with Gasteiger partial charge in [0.2, 0.25) is 0 Å². The normalized spacial score (nSPS) is 12.3. The van der Waals surface area contributed by atoms with Crippen molar-refractivity contribution < 1.29 is 14.3 Å². The number of benzene rings is 4. The number of carbonyl (C=O) groups excluding carboxylic acids is 2. The SMILES string of the molecule is CC(C)(C)c1ccc(C(=O)Nc2cc(OCc3ccccc3)ccc2NC(=O)c2ccc3c(c2)C(N)=NC3)cc1. The van der Waals surface area contributed by atoms with Crippen LogP contribution in [-0.4, -0.2) is 17.6 Å². The lowest BCUT2D eigenvalue weighted by atomic mass is 9.87. The first-order valence-electron chi connectivity index (χ1n) is 13.1. The average molecular weight is 533 g/mol. The molecule has 0 bridgehead atoms. The molecule has 4 aromatic rings. The number of amides is 2. The number of anilines is 2. The van der Waals surface area contributed by atoms with Crippen LogP contribution in [0.2, 0.25) is 0 Å². The van der Waals surface area contributed by atoms with E-state index in [1.54, 1.807) is 42.5 Å². The van der Waals surface area contributed by atoms with Gasteiger partial charge in [0.05, 0.1) is 17.9 Å². The van der Waals surface area contributed by atoms with Crippen LogP contribution >= 0.6 is 0 Å². The molecule has 5 rings (SSSR count). The van der Waals surface area contributed by atoms with Gasteiger partial charge in [0.15, 0.2) is 0 Å². The fourth-order valence-corrected chi connectivity index (χ4v) is 4.43. The van der Waals surface area contributed by atoms with Gasteiger partial charge in [0.25, 0.3) is 11.8 Å². The Labute approximate surface area is 234 Å². The number of nitrogens with zero attached hydrogens (tertiary/aromatic N) is 1. The predicted octanol–water partition coefficient (Wildman–Crippen LogP) is 6.29. The van der Waals surface area contributed by atoms with Gasteiger partial charge in [0.1, 0.15) is 18.2 Å². The van der Waals surface area contributed by atoms with Crippen LogP contribution in [0.1, 0.15) is 63.7 Å². The van der Waals surface area contributed by atoms with Crippen molar-refractivity contribution in [3.05, 3.63) is 124 Å². The first-order chi connectivity index (χ1) is 19.2. The number of nitrogens with two attached hydrogens (primary N) is 1. The molecule has 7 nitrogen and oxygen atoms in total. The summed E-state index contributed by atoms with van der Waals surface area (Å²) < 4.78 is 5.99. The highest BCUT2D eigenvalue weighted by Crippen LogP contribution is 2.30. The molecule has 0 unspecified atom stereocenters. The molecule has 40 heavy (non-hydrogen) atoms. The fourth-order valence-electron chi connectivity index (χ4n) is 4.43. The largest absolute Gasteiger partial charge is 0.489 e. The smallest absolute Gasteiger partial charge is 0.255 e. The minimum absolute atomic E-state index is 0.0229. The quantitative estimate of drug-likeness (QED) is 0.260. The van der Waals surface area contributed by atoms with Crippen molar-refractivity contribution in [2.45, 2.75) is 39.3 Å². The third-order valence-corrected chi connectivity index (χ3v) is 6.82. The van der Waals surface area contributed by atoms with Gasteiger partial charge in [-0.05, 0) is 58.5 Å². The summed E-state index contributed by atoms with van der Waals surface area (Å²) >= 11 is 0. The van der Waals surface area contributed by atoms with E-state index in [0.29, 0.717) is 47.2 Å². The summed E-state index contributed by atoms with van der Waals surface area (Å²) in [7, 11) is 0. The third-order valence-electron chi connectivity index (χ3n) is 6.82. The summed E-state index contributed by atoms with van der Waals surface area (Å²) in [6.07, 6.45) is 0. The molecule has 1 heterocycles. The summed E-state index contributed by atoms with van der Waals surface area (Å²) in [5, 5.41) is 5.89. The van der Waals surface area contributed by atoms with Crippen LogP contribution in [0.25, 0.3) is 0 Å². The van der Waals surface area contributed by atoms with Crippen molar-refractivity contribution in [3.8, 4) is 5.75 Å². The van der Waals surface area contributed by atoms with Crippen LogP contribution in [0.3, 0.4) is 0 Å². The van der Waals surface area contributed by atoms with Gasteiger partial charge in [-0.25, -0.2) is 0 Å². The van der Waals surface area contributed by atoms with Crippen molar-refractivity contribution >= 4 is 29.0 Å². The second kappa shape index (κ2) is 11.1. The van der Waals surface area contributed by atoms with Gasteiger partial charge >= 0.3 is 0 Å². The van der Waals surface area contributed by atoms with Crippen LogP contribution in [0.15, 0.2) is 96.0 Å². The molecule has 4 aromatic carbocycles. The number of hydrogen-bond acceptors (Lipinski definition) is 5. The van der Waals surface area contributed by atoms with Crippen LogP contribution in [0.5, 0.6) is 5.75 Å². The highest BCUT2D eigenvalue weighted by atomic mass is 16.5. The van der Waals surface area contributed by atoms with Gasteiger partial charge in [-0.2, -0.15) is 0 Å². The standard InChI is InChI=1S/C33H32N4O3/c1-33(2,3)25-13-11-22(12-14-25)31(38)37-29-18-26(40-20-21-7-5-4-6-8-21)15-16-28(29)36-32(39)23-9-10-24-19-35-30(34)27(24)17-23/h4-18H,19-20H2,1-3H3,(H2,34,35)(H,36,39)(H,37,38). The van der Waals surface area contributed by atoms with E-state index < -0.39 is 0 Å². The molecule has 1 aliphatic rings. The number of carbonyl (C=O) groups is 2. The Balaban J connectivity index is 1.39. The molecule has 202 valence electrons. The number of amidine groups is 1. The zero-order valence-electron chi connectivity index (χ0n) is 22.8. The maximum absolute atomic E-state index is 13.2. The van der Waals surface area contributed by atoms with E-state index in [-0.39, 0.29) is 17.2 Å². The Kier molecular flexibility index (Phi) is 7.38. The predicted molar refractivity (Wildman–Crippen MR) is 159 cm³/mol. The van der Waals surface area contributed by atoms with Crippen LogP contribution in [0, 0.1) is 0 Å². The fraction of sp³-hybridized carbons (Fsp3) is 0.182. The van der Waals surface area contributed by atoms with E-state index in [0.717, 1.165) is 22.3 Å². The molecule has 0 spiro atoms. The minimum atomic E-state index is -0.328. The van der Waals surface area contributed by atoms with E-state index >= 15 is 0 Å². The molecule has 0 aliphatic carbocycles. The number of nitrogens with one attached hydrogen (secondary N) is 2. The second-order valence-corrected chi connectivity index (χ2v) is 10.8. The lowest BCUT2D eigenvalue weighted by molar-refractivity contribution is 0.101. The number of ether oxygens (including phenoxy) is 1. The molecular formula is C33H32N4O3. The Bertz CT molecular complexity index is 1590. The van der Waals surface area contributed by atoms with E-state index in [1.807, 2.05) is 48.5 Å². The average Bonchev–Trinajstić information content (AvgIpc) is 3.33. The van der Waals surface area contributed by atoms with E-state index in [1.165, 1.54) is 0 Å². The number of fused-ring (bicyclic) bond motifs is 1. The Morgan fingerprint density at radius 2 is 1.50 bits per heavy atom. The number of rotatable bonds is 7. The molecule has 0 saturated heterocycles. The van der Waals surface area contributed by atoms with Crippen molar-refractivity contribution in [1.29, 1.82) is 0 Å². The zero-order chi connectivity index (χ0) is 28.3. The highest BCUT2D eigenvalue weighted by molar-refractivity contribution is 6.11. The molecule has 2 amide bonds. The Morgan fingerprint density at radius 3 is 2.23 bits per heavy atom. The summed E-state index contributed by atoms with van der Waals surface area (Å²) in [6.45, 7) is 7.26. The molecule has 0 fully saturated rings. The summed E-state index contributed by atoms with van der Waals surface area (Å²) in [4.78, 5) is 30.7. The Morgan fingerprint density at radius 1 is 0.825 bits per heavy atom. The highest BCUT2D eigenvalue weighted by Gasteiger charge is 2.19. The van der Waals surface area contributed by atoms with Gasteiger partial charge in [-0.3, -0.25) is 14.6 Å². The van der Waals surface area contributed by atoms with Gasteiger partial charge in [0, 0.05) is 22.8 Å². The maximum atomic E-state index is 13.2. The maximum Gasteiger partial charge on any atom is 0.255 e. The summed E-state index contributed by atoms with van der Waals surface area (Å²) in [6, 6.07) is 27.9. The van der Waals surface area contributed by atoms with Gasteiger partial charge < -0.3 is 21.1 Å². The molecule has 0 atom stereocenters. The van der Waals surface area contributed by atoms with Crippen LogP contribution < -0.4 is 21.1 Å². The van der Waals surface area contributed by atoms with E-state index in [2.05, 4.69) is 36.4 Å². The summed E-state index contributed by atoms with van der Waals surface area (Å²) in [5.41, 5.74) is 11.7. The molecule has 0 radical (unpaired) electrons.